The van der Waals surface area contributed by atoms with Crippen LogP contribution in [0.2, 0.25) is 0 Å². The lowest BCUT2D eigenvalue weighted by atomic mass is 10.3. The third-order valence-corrected chi connectivity index (χ3v) is 5.01. The Hall–Kier alpha value is -0.740. The largest absolute Gasteiger partial charge is 0.477 e. The lowest BCUT2D eigenvalue weighted by Crippen LogP contribution is -1.90. The Bertz CT molecular complexity index is 371. The van der Waals surface area contributed by atoms with E-state index in [-0.39, 0.29) is 5.25 Å². The smallest absolute Gasteiger partial charge is 0.345 e. The van der Waals surface area contributed by atoms with Crippen molar-refractivity contribution in [2.45, 2.75) is 31.4 Å². The molecule has 0 bridgehead atoms. The molecule has 1 aromatic heterocycles. The van der Waals surface area contributed by atoms with Crippen LogP contribution >= 0.6 is 23.1 Å². The van der Waals surface area contributed by atoms with Gasteiger partial charge in [0.15, 0.2) is 0 Å². The summed E-state index contributed by atoms with van der Waals surface area (Å²) in [6.07, 6.45) is 5.58. The van der Waals surface area contributed by atoms with Crippen LogP contribution in [-0.2, 0) is 0 Å². The molecule has 0 amide bonds. The number of hydrogen-bond acceptors (Lipinski definition) is 3. The lowest BCUT2D eigenvalue weighted by Gasteiger charge is -2.09. The monoisotopic (exact) mass is 270 g/mol. The minimum atomic E-state index is -0.847. The normalized spacial score (nSPS) is 12.3. The van der Waals surface area contributed by atoms with E-state index in [2.05, 4.69) is 13.5 Å². The quantitative estimate of drug-likeness (QED) is 0.554. The number of carboxylic acid groups (broad SMARTS) is 1. The molecule has 0 aromatic carbocycles. The van der Waals surface area contributed by atoms with Crippen LogP contribution in [0.15, 0.2) is 24.8 Å². The van der Waals surface area contributed by atoms with Crippen molar-refractivity contribution in [3.8, 4) is 0 Å². The first kappa shape index (κ1) is 14.3. The van der Waals surface area contributed by atoms with Crippen molar-refractivity contribution in [2.75, 3.05) is 5.75 Å². The van der Waals surface area contributed by atoms with Gasteiger partial charge in [-0.2, -0.15) is 0 Å². The summed E-state index contributed by atoms with van der Waals surface area (Å²) in [6.45, 7) is 6.02. The molecule has 0 fully saturated rings. The molecule has 1 rings (SSSR count). The van der Waals surface area contributed by atoms with E-state index in [9.17, 15) is 4.79 Å². The van der Waals surface area contributed by atoms with Crippen LogP contribution in [0.25, 0.3) is 0 Å². The highest BCUT2D eigenvalue weighted by molar-refractivity contribution is 7.99. The molecular formula is C13H18O2S2. The van der Waals surface area contributed by atoms with Gasteiger partial charge in [-0.3, -0.25) is 0 Å². The number of carboxylic acids is 1. The van der Waals surface area contributed by atoms with Crippen LogP contribution in [0.5, 0.6) is 0 Å². The van der Waals surface area contributed by atoms with Crippen LogP contribution in [0, 0.1) is 0 Å². The van der Waals surface area contributed by atoms with Crippen LogP contribution < -0.4 is 0 Å². The molecule has 0 aliphatic rings. The second-order valence-electron chi connectivity index (χ2n) is 3.74. The molecule has 1 N–H and O–H groups in total. The summed E-state index contributed by atoms with van der Waals surface area (Å²) in [5, 5.41) is 9.10. The molecule has 4 heteroatoms. The molecule has 1 atom stereocenters. The van der Waals surface area contributed by atoms with E-state index in [0.717, 1.165) is 10.6 Å². The van der Waals surface area contributed by atoms with E-state index in [1.54, 1.807) is 6.07 Å². The molecule has 0 radical (unpaired) electrons. The van der Waals surface area contributed by atoms with Crippen LogP contribution in [0.3, 0.4) is 0 Å². The number of carbonyl (C=O) groups is 1. The highest BCUT2D eigenvalue weighted by Gasteiger charge is 2.13. The van der Waals surface area contributed by atoms with Crippen molar-refractivity contribution in [2.24, 2.45) is 0 Å². The van der Waals surface area contributed by atoms with Gasteiger partial charge in [0.05, 0.1) is 5.25 Å². The fraction of sp³-hybridized carbons (Fsp3) is 0.462. The molecule has 2 nitrogen and oxygen atoms in total. The number of aromatic carboxylic acids is 1. The molecule has 0 aliphatic heterocycles. The van der Waals surface area contributed by atoms with Crippen LogP contribution in [0.1, 0.15) is 46.0 Å². The van der Waals surface area contributed by atoms with Gasteiger partial charge in [-0.1, -0.05) is 25.8 Å². The van der Waals surface area contributed by atoms with Gasteiger partial charge in [-0.25, -0.2) is 4.79 Å². The third-order valence-electron chi connectivity index (χ3n) is 2.38. The Morgan fingerprint density at radius 1 is 1.59 bits per heavy atom. The predicted molar refractivity (Wildman–Crippen MR) is 76.2 cm³/mol. The summed E-state index contributed by atoms with van der Waals surface area (Å²) < 4.78 is 0. The SMILES string of the molecule is C=CC(SCCCCC)c1ccc(C(=O)O)s1. The first-order valence-electron chi connectivity index (χ1n) is 5.76. The minimum Gasteiger partial charge on any atom is -0.477 e. The summed E-state index contributed by atoms with van der Waals surface area (Å²) in [5.41, 5.74) is 0. The zero-order chi connectivity index (χ0) is 12.7. The standard InChI is InChI=1S/C13H18O2S2/c1-3-5-6-9-16-10(4-2)11-7-8-12(17-11)13(14)15/h4,7-8,10H,2-3,5-6,9H2,1H3,(H,14,15). The van der Waals surface area contributed by atoms with Gasteiger partial charge >= 0.3 is 5.97 Å². The number of rotatable bonds is 8. The minimum absolute atomic E-state index is 0.227. The number of unbranched alkanes of at least 4 members (excludes halogenated alkanes) is 2. The molecule has 94 valence electrons. The second kappa shape index (κ2) is 7.56. The summed E-state index contributed by atoms with van der Waals surface area (Å²) in [6, 6.07) is 3.57. The summed E-state index contributed by atoms with van der Waals surface area (Å²) in [5.74, 6) is 0.255. The zero-order valence-corrected chi connectivity index (χ0v) is 11.6. The van der Waals surface area contributed by atoms with E-state index in [4.69, 9.17) is 5.11 Å². The van der Waals surface area contributed by atoms with Gasteiger partial charge in [0.25, 0.3) is 0 Å². The maximum absolute atomic E-state index is 10.8. The first-order chi connectivity index (χ1) is 8.19. The zero-order valence-electron chi connectivity index (χ0n) is 10.0. The van der Waals surface area contributed by atoms with Crippen molar-refractivity contribution in [1.82, 2.24) is 0 Å². The van der Waals surface area contributed by atoms with Gasteiger partial charge < -0.3 is 5.11 Å². The fourth-order valence-electron chi connectivity index (χ4n) is 1.45. The maximum atomic E-state index is 10.8. The van der Waals surface area contributed by atoms with Crippen molar-refractivity contribution in [3.05, 3.63) is 34.5 Å². The number of thiophene rings is 1. The fourth-order valence-corrected chi connectivity index (χ4v) is 3.63. The third kappa shape index (κ3) is 4.56. The molecule has 1 aromatic rings. The van der Waals surface area contributed by atoms with E-state index in [0.29, 0.717) is 4.88 Å². The molecule has 0 saturated carbocycles. The van der Waals surface area contributed by atoms with Crippen LogP contribution in [-0.4, -0.2) is 16.8 Å². The van der Waals surface area contributed by atoms with Crippen LogP contribution in [0.4, 0.5) is 0 Å². The van der Waals surface area contributed by atoms with Crippen molar-refractivity contribution >= 4 is 29.1 Å². The Balaban J connectivity index is 2.53. The average molecular weight is 270 g/mol. The van der Waals surface area contributed by atoms with Crippen molar-refractivity contribution in [3.63, 3.8) is 0 Å². The molecule has 1 heterocycles. The predicted octanol–water partition coefficient (Wildman–Crippen LogP) is 4.60. The van der Waals surface area contributed by atoms with Gasteiger partial charge in [-0.05, 0) is 24.3 Å². The van der Waals surface area contributed by atoms with Crippen molar-refractivity contribution in [1.29, 1.82) is 0 Å². The Kier molecular flexibility index (Phi) is 6.37. The molecule has 17 heavy (non-hydrogen) atoms. The van der Waals surface area contributed by atoms with E-state index in [1.807, 2.05) is 23.9 Å². The molecule has 0 saturated heterocycles. The Morgan fingerprint density at radius 3 is 2.88 bits per heavy atom. The highest BCUT2D eigenvalue weighted by Crippen LogP contribution is 2.35. The van der Waals surface area contributed by atoms with Crippen molar-refractivity contribution < 1.29 is 9.90 Å². The summed E-state index contributed by atoms with van der Waals surface area (Å²) >= 11 is 3.18. The van der Waals surface area contributed by atoms with Gasteiger partial charge in [0.2, 0.25) is 0 Å². The van der Waals surface area contributed by atoms with E-state index < -0.39 is 5.97 Å². The van der Waals surface area contributed by atoms with E-state index in [1.165, 1.54) is 30.6 Å². The second-order valence-corrected chi connectivity index (χ2v) is 6.11. The first-order valence-corrected chi connectivity index (χ1v) is 7.62. The molecular weight excluding hydrogens is 252 g/mol. The maximum Gasteiger partial charge on any atom is 0.345 e. The molecule has 1 unspecified atom stereocenters. The molecule has 0 spiro atoms. The summed E-state index contributed by atoms with van der Waals surface area (Å²) in [4.78, 5) is 12.3. The highest BCUT2D eigenvalue weighted by atomic mass is 32.2. The average Bonchev–Trinajstić information content (AvgIpc) is 2.79. The number of thioether (sulfide) groups is 1. The van der Waals surface area contributed by atoms with E-state index >= 15 is 0 Å². The summed E-state index contributed by atoms with van der Waals surface area (Å²) in [7, 11) is 0. The van der Waals surface area contributed by atoms with Gasteiger partial charge in [0.1, 0.15) is 4.88 Å². The number of hydrogen-bond donors (Lipinski definition) is 1. The topological polar surface area (TPSA) is 37.3 Å². The lowest BCUT2D eigenvalue weighted by molar-refractivity contribution is 0.0702. The Labute approximate surface area is 111 Å². The van der Waals surface area contributed by atoms with Gasteiger partial charge in [-0.15, -0.1) is 29.7 Å². The Morgan fingerprint density at radius 2 is 2.35 bits per heavy atom. The van der Waals surface area contributed by atoms with Gasteiger partial charge in [0, 0.05) is 4.88 Å². The molecule has 0 aliphatic carbocycles.